The standard InChI is InChI=1S/C14H21NO3S/c1-11-6-7-14(12(2)9-11)19(16,17)15(3)10-13-5-4-8-18-13/h6-7,9,13H,4-5,8,10H2,1-3H3. The fourth-order valence-corrected chi connectivity index (χ4v) is 3.83. The second kappa shape index (κ2) is 5.61. The molecule has 0 amide bonds. The number of nitrogens with zero attached hydrogens (tertiary/aromatic N) is 1. The van der Waals surface area contributed by atoms with Gasteiger partial charge in [0.05, 0.1) is 11.0 Å². The Hall–Kier alpha value is -0.910. The van der Waals surface area contributed by atoms with Crippen molar-refractivity contribution < 1.29 is 13.2 Å². The fourth-order valence-electron chi connectivity index (χ4n) is 2.43. The molecule has 1 aromatic carbocycles. The predicted octanol–water partition coefficient (Wildman–Crippen LogP) is 2.10. The van der Waals surface area contributed by atoms with Crippen molar-refractivity contribution in [1.29, 1.82) is 0 Å². The summed E-state index contributed by atoms with van der Waals surface area (Å²) in [7, 11) is -1.80. The molecular weight excluding hydrogens is 262 g/mol. The largest absolute Gasteiger partial charge is 0.377 e. The molecule has 0 N–H and O–H groups in total. The summed E-state index contributed by atoms with van der Waals surface area (Å²) < 4.78 is 31.9. The van der Waals surface area contributed by atoms with Crippen molar-refractivity contribution in [3.05, 3.63) is 29.3 Å². The van der Waals surface area contributed by atoms with Crippen molar-refractivity contribution in [1.82, 2.24) is 4.31 Å². The molecule has 1 aromatic rings. The Kier molecular flexibility index (Phi) is 4.28. The average Bonchev–Trinajstić information content (AvgIpc) is 2.81. The molecule has 19 heavy (non-hydrogen) atoms. The van der Waals surface area contributed by atoms with Gasteiger partial charge in [-0.2, -0.15) is 4.31 Å². The van der Waals surface area contributed by atoms with Crippen LogP contribution in [0.4, 0.5) is 0 Å². The topological polar surface area (TPSA) is 46.6 Å². The third-order valence-corrected chi connectivity index (χ3v) is 5.49. The molecule has 0 radical (unpaired) electrons. The van der Waals surface area contributed by atoms with Gasteiger partial charge in [-0.3, -0.25) is 0 Å². The minimum atomic E-state index is -3.42. The van der Waals surface area contributed by atoms with Crippen LogP contribution in [0.25, 0.3) is 0 Å². The average molecular weight is 283 g/mol. The summed E-state index contributed by atoms with van der Waals surface area (Å²) in [5, 5.41) is 0. The molecule has 1 atom stereocenters. The molecule has 1 unspecified atom stereocenters. The summed E-state index contributed by atoms with van der Waals surface area (Å²) >= 11 is 0. The first-order valence-electron chi connectivity index (χ1n) is 6.56. The highest BCUT2D eigenvalue weighted by Crippen LogP contribution is 2.22. The van der Waals surface area contributed by atoms with Crippen LogP contribution in [0.2, 0.25) is 0 Å². The first-order chi connectivity index (χ1) is 8.91. The summed E-state index contributed by atoms with van der Waals surface area (Å²) in [6.07, 6.45) is 1.99. The number of likely N-dealkylation sites (N-methyl/N-ethyl adjacent to an activating group) is 1. The van der Waals surface area contributed by atoms with Crippen molar-refractivity contribution in [2.24, 2.45) is 0 Å². The molecule has 0 saturated carbocycles. The number of ether oxygens (including phenoxy) is 1. The number of rotatable bonds is 4. The van der Waals surface area contributed by atoms with Gasteiger partial charge in [0.2, 0.25) is 10.0 Å². The Labute approximate surface area is 115 Å². The predicted molar refractivity (Wildman–Crippen MR) is 74.7 cm³/mol. The maximum atomic E-state index is 12.5. The van der Waals surface area contributed by atoms with Crippen LogP contribution in [0.1, 0.15) is 24.0 Å². The van der Waals surface area contributed by atoms with E-state index in [0.717, 1.165) is 30.6 Å². The van der Waals surface area contributed by atoms with Gasteiger partial charge >= 0.3 is 0 Å². The Balaban J connectivity index is 2.20. The molecule has 1 fully saturated rings. The Morgan fingerprint density at radius 3 is 2.68 bits per heavy atom. The van der Waals surface area contributed by atoms with Gasteiger partial charge in [0, 0.05) is 20.2 Å². The molecule has 1 aliphatic rings. The quantitative estimate of drug-likeness (QED) is 0.850. The Morgan fingerprint density at radius 2 is 2.11 bits per heavy atom. The minimum Gasteiger partial charge on any atom is -0.377 e. The van der Waals surface area contributed by atoms with E-state index in [2.05, 4.69) is 0 Å². The van der Waals surface area contributed by atoms with Gasteiger partial charge in [-0.05, 0) is 38.3 Å². The molecule has 0 aliphatic carbocycles. The molecule has 1 heterocycles. The van der Waals surface area contributed by atoms with Gasteiger partial charge in [-0.1, -0.05) is 17.7 Å². The molecule has 0 aromatic heterocycles. The molecule has 1 saturated heterocycles. The van der Waals surface area contributed by atoms with Gasteiger partial charge < -0.3 is 4.74 Å². The van der Waals surface area contributed by atoms with Gasteiger partial charge in [-0.15, -0.1) is 0 Å². The summed E-state index contributed by atoms with van der Waals surface area (Å²) in [5.41, 5.74) is 1.86. The molecule has 4 nitrogen and oxygen atoms in total. The van der Waals surface area contributed by atoms with Crippen LogP contribution in [0.3, 0.4) is 0 Å². The molecule has 0 spiro atoms. The minimum absolute atomic E-state index is 0.0329. The molecular formula is C14H21NO3S. The van der Waals surface area contributed by atoms with Crippen LogP contribution in [0, 0.1) is 13.8 Å². The summed E-state index contributed by atoms with van der Waals surface area (Å²) in [4.78, 5) is 0.388. The lowest BCUT2D eigenvalue weighted by molar-refractivity contribution is 0.0979. The number of hydrogen-bond acceptors (Lipinski definition) is 3. The highest BCUT2D eigenvalue weighted by Gasteiger charge is 2.27. The molecule has 106 valence electrons. The van der Waals surface area contributed by atoms with Crippen LogP contribution in [-0.4, -0.2) is 39.0 Å². The zero-order valence-corrected chi connectivity index (χ0v) is 12.5. The van der Waals surface area contributed by atoms with E-state index in [0.29, 0.717) is 11.4 Å². The van der Waals surface area contributed by atoms with E-state index >= 15 is 0 Å². The summed E-state index contributed by atoms with van der Waals surface area (Å²) in [5.74, 6) is 0. The van der Waals surface area contributed by atoms with E-state index in [1.165, 1.54) is 4.31 Å². The van der Waals surface area contributed by atoms with E-state index in [1.807, 2.05) is 26.0 Å². The number of aryl methyl sites for hydroxylation is 2. The SMILES string of the molecule is Cc1ccc(S(=O)(=O)N(C)CC2CCCO2)c(C)c1. The van der Waals surface area contributed by atoms with Crippen LogP contribution in [0.15, 0.2) is 23.1 Å². The van der Waals surface area contributed by atoms with Crippen molar-refractivity contribution in [2.75, 3.05) is 20.2 Å². The zero-order valence-electron chi connectivity index (χ0n) is 11.7. The summed E-state index contributed by atoms with van der Waals surface area (Å²) in [6.45, 7) is 4.96. The fraction of sp³-hybridized carbons (Fsp3) is 0.571. The van der Waals surface area contributed by atoms with E-state index < -0.39 is 10.0 Å². The third-order valence-electron chi connectivity index (χ3n) is 3.50. The molecule has 1 aliphatic heterocycles. The van der Waals surface area contributed by atoms with Crippen LogP contribution >= 0.6 is 0 Å². The molecule has 5 heteroatoms. The monoisotopic (exact) mass is 283 g/mol. The summed E-state index contributed by atoms with van der Waals surface area (Å²) in [6, 6.07) is 5.42. The van der Waals surface area contributed by atoms with Gasteiger partial charge in [0.25, 0.3) is 0 Å². The second-order valence-corrected chi connectivity index (χ2v) is 7.20. The van der Waals surface area contributed by atoms with E-state index in [9.17, 15) is 8.42 Å². The molecule has 0 bridgehead atoms. The van der Waals surface area contributed by atoms with E-state index in [1.54, 1.807) is 13.1 Å². The first-order valence-corrected chi connectivity index (χ1v) is 8.00. The Bertz CT molecular complexity index is 548. The highest BCUT2D eigenvalue weighted by molar-refractivity contribution is 7.89. The highest BCUT2D eigenvalue weighted by atomic mass is 32.2. The normalized spacial score (nSPS) is 20.1. The zero-order chi connectivity index (χ0) is 14.0. The number of hydrogen-bond donors (Lipinski definition) is 0. The van der Waals surface area contributed by atoms with E-state index in [4.69, 9.17) is 4.74 Å². The Morgan fingerprint density at radius 1 is 1.37 bits per heavy atom. The number of benzene rings is 1. The van der Waals surface area contributed by atoms with Crippen molar-refractivity contribution in [3.63, 3.8) is 0 Å². The van der Waals surface area contributed by atoms with Crippen LogP contribution in [0.5, 0.6) is 0 Å². The third kappa shape index (κ3) is 3.16. The van der Waals surface area contributed by atoms with Crippen LogP contribution < -0.4 is 0 Å². The van der Waals surface area contributed by atoms with Gasteiger partial charge in [-0.25, -0.2) is 8.42 Å². The lowest BCUT2D eigenvalue weighted by Crippen LogP contribution is -2.34. The lowest BCUT2D eigenvalue weighted by Gasteiger charge is -2.21. The van der Waals surface area contributed by atoms with Crippen molar-refractivity contribution >= 4 is 10.0 Å². The van der Waals surface area contributed by atoms with Gasteiger partial charge in [0.15, 0.2) is 0 Å². The first kappa shape index (κ1) is 14.5. The lowest BCUT2D eigenvalue weighted by atomic mass is 10.2. The second-order valence-electron chi connectivity index (χ2n) is 5.19. The van der Waals surface area contributed by atoms with Gasteiger partial charge in [0.1, 0.15) is 0 Å². The smallest absolute Gasteiger partial charge is 0.243 e. The van der Waals surface area contributed by atoms with E-state index in [-0.39, 0.29) is 6.10 Å². The van der Waals surface area contributed by atoms with Crippen molar-refractivity contribution in [2.45, 2.75) is 37.7 Å². The van der Waals surface area contributed by atoms with Crippen LogP contribution in [-0.2, 0) is 14.8 Å². The molecule has 2 rings (SSSR count). The van der Waals surface area contributed by atoms with Crippen molar-refractivity contribution in [3.8, 4) is 0 Å². The number of sulfonamides is 1. The maximum Gasteiger partial charge on any atom is 0.243 e. The maximum absolute atomic E-state index is 12.5.